The lowest BCUT2D eigenvalue weighted by Gasteiger charge is -2.44. The van der Waals surface area contributed by atoms with Gasteiger partial charge in [0.15, 0.2) is 0 Å². The zero-order chi connectivity index (χ0) is 14.8. The van der Waals surface area contributed by atoms with E-state index in [0.717, 1.165) is 24.1 Å². The molecule has 2 atom stereocenters. The van der Waals surface area contributed by atoms with Crippen molar-refractivity contribution in [3.8, 4) is 0 Å². The predicted molar refractivity (Wildman–Crippen MR) is 78.7 cm³/mol. The zero-order valence-corrected chi connectivity index (χ0v) is 12.2. The van der Waals surface area contributed by atoms with E-state index in [0.29, 0.717) is 12.6 Å². The van der Waals surface area contributed by atoms with Crippen LogP contribution in [-0.2, 0) is 6.54 Å². The van der Waals surface area contributed by atoms with Crippen LogP contribution in [0.2, 0.25) is 0 Å². The van der Waals surface area contributed by atoms with Crippen LogP contribution >= 0.6 is 0 Å². The fourth-order valence-electron chi connectivity index (χ4n) is 4.02. The van der Waals surface area contributed by atoms with E-state index in [-0.39, 0.29) is 5.56 Å². The molecule has 4 heteroatoms. The number of benzene rings is 1. The number of carbonyl (C=O) groups is 1. The minimum Gasteiger partial charge on any atom is -0.478 e. The maximum Gasteiger partial charge on any atom is 0.335 e. The highest BCUT2D eigenvalue weighted by Gasteiger charge is 2.33. The van der Waals surface area contributed by atoms with Gasteiger partial charge < -0.3 is 5.11 Å². The largest absolute Gasteiger partial charge is 0.478 e. The van der Waals surface area contributed by atoms with Crippen molar-refractivity contribution in [3.05, 3.63) is 35.1 Å². The van der Waals surface area contributed by atoms with Crippen molar-refractivity contribution < 1.29 is 14.3 Å². The molecule has 0 spiro atoms. The van der Waals surface area contributed by atoms with E-state index in [4.69, 9.17) is 5.11 Å². The van der Waals surface area contributed by atoms with Crippen molar-refractivity contribution in [2.45, 2.75) is 51.1 Å². The molecule has 1 N–H and O–H groups in total. The van der Waals surface area contributed by atoms with Gasteiger partial charge in [0.2, 0.25) is 0 Å². The molecule has 0 aromatic heterocycles. The monoisotopic (exact) mass is 291 g/mol. The SMILES string of the molecule is O=C(O)c1cc(F)cc(CN2CCC[C@H]3CCCC[C@H]32)c1. The van der Waals surface area contributed by atoms with Crippen molar-refractivity contribution in [3.63, 3.8) is 0 Å². The Kier molecular flexibility index (Phi) is 4.24. The number of fused-ring (bicyclic) bond motifs is 1. The maximum absolute atomic E-state index is 13.6. The second-order valence-electron chi connectivity index (χ2n) is 6.38. The molecule has 3 nitrogen and oxygen atoms in total. The highest BCUT2D eigenvalue weighted by molar-refractivity contribution is 5.87. The molecule has 1 saturated heterocycles. The first-order valence-corrected chi connectivity index (χ1v) is 7.90. The minimum absolute atomic E-state index is 0.0437. The lowest BCUT2D eigenvalue weighted by atomic mass is 9.78. The van der Waals surface area contributed by atoms with Crippen LogP contribution in [0.15, 0.2) is 18.2 Å². The second kappa shape index (κ2) is 6.14. The van der Waals surface area contributed by atoms with Crippen molar-refractivity contribution in [2.75, 3.05) is 6.54 Å². The first-order valence-electron chi connectivity index (χ1n) is 7.90. The van der Waals surface area contributed by atoms with Crippen LogP contribution in [0.25, 0.3) is 0 Å². The fourth-order valence-corrected chi connectivity index (χ4v) is 4.02. The number of carboxylic acid groups (broad SMARTS) is 1. The van der Waals surface area contributed by atoms with Crippen LogP contribution < -0.4 is 0 Å². The first-order chi connectivity index (χ1) is 10.1. The highest BCUT2D eigenvalue weighted by atomic mass is 19.1. The standard InChI is InChI=1S/C17H22FNO2/c18-15-9-12(8-14(10-15)17(20)21)11-19-7-3-5-13-4-1-2-6-16(13)19/h8-10,13,16H,1-7,11H2,(H,20,21)/t13-,16-/m1/s1. The van der Waals surface area contributed by atoms with E-state index in [1.165, 1.54) is 44.6 Å². The van der Waals surface area contributed by atoms with Gasteiger partial charge in [-0.2, -0.15) is 0 Å². The van der Waals surface area contributed by atoms with E-state index in [2.05, 4.69) is 4.90 Å². The summed E-state index contributed by atoms with van der Waals surface area (Å²) in [5.74, 6) is -0.743. The van der Waals surface area contributed by atoms with Crippen LogP contribution in [0, 0.1) is 11.7 Å². The molecule has 1 aromatic rings. The minimum atomic E-state index is -1.06. The number of likely N-dealkylation sites (tertiary alicyclic amines) is 1. The third-order valence-electron chi connectivity index (χ3n) is 4.95. The third kappa shape index (κ3) is 3.26. The Morgan fingerprint density at radius 1 is 1.19 bits per heavy atom. The summed E-state index contributed by atoms with van der Waals surface area (Å²) < 4.78 is 13.6. The maximum atomic E-state index is 13.6. The molecular formula is C17H22FNO2. The molecule has 1 heterocycles. The number of piperidine rings is 1. The summed E-state index contributed by atoms with van der Waals surface area (Å²) in [5.41, 5.74) is 0.820. The molecule has 2 fully saturated rings. The van der Waals surface area contributed by atoms with E-state index in [1.54, 1.807) is 6.07 Å². The molecule has 0 radical (unpaired) electrons. The number of halogens is 1. The molecule has 1 saturated carbocycles. The summed E-state index contributed by atoms with van der Waals surface area (Å²) in [6.45, 7) is 1.71. The Labute approximate surface area is 124 Å². The van der Waals surface area contributed by atoms with Gasteiger partial charge in [0.05, 0.1) is 5.56 Å². The normalized spacial score (nSPS) is 26.3. The topological polar surface area (TPSA) is 40.5 Å². The zero-order valence-electron chi connectivity index (χ0n) is 12.2. The fraction of sp³-hybridized carbons (Fsp3) is 0.588. The van der Waals surface area contributed by atoms with Crippen LogP contribution in [-0.4, -0.2) is 28.6 Å². The molecule has 0 amide bonds. The van der Waals surface area contributed by atoms with E-state index in [1.807, 2.05) is 0 Å². The van der Waals surface area contributed by atoms with Crippen LogP contribution in [0.3, 0.4) is 0 Å². The quantitative estimate of drug-likeness (QED) is 0.923. The highest BCUT2D eigenvalue weighted by Crippen LogP contribution is 2.36. The molecule has 0 bridgehead atoms. The lowest BCUT2D eigenvalue weighted by molar-refractivity contribution is 0.0545. The number of rotatable bonds is 3. The van der Waals surface area contributed by atoms with Gasteiger partial charge >= 0.3 is 5.97 Å². The summed E-state index contributed by atoms with van der Waals surface area (Å²) in [6, 6.07) is 4.77. The molecule has 114 valence electrons. The summed E-state index contributed by atoms with van der Waals surface area (Å²) in [4.78, 5) is 13.5. The smallest absolute Gasteiger partial charge is 0.335 e. The molecule has 1 aliphatic carbocycles. The Morgan fingerprint density at radius 3 is 2.76 bits per heavy atom. The predicted octanol–water partition coefficient (Wildman–Crippen LogP) is 3.68. The number of hydrogen-bond donors (Lipinski definition) is 1. The average molecular weight is 291 g/mol. The van der Waals surface area contributed by atoms with Gasteiger partial charge in [0.25, 0.3) is 0 Å². The van der Waals surface area contributed by atoms with Crippen molar-refractivity contribution in [2.24, 2.45) is 5.92 Å². The molecule has 1 aliphatic heterocycles. The first kappa shape index (κ1) is 14.5. The van der Waals surface area contributed by atoms with Gasteiger partial charge in [-0.15, -0.1) is 0 Å². The van der Waals surface area contributed by atoms with Crippen molar-refractivity contribution in [1.29, 1.82) is 0 Å². The Bertz CT molecular complexity index is 530. The van der Waals surface area contributed by atoms with E-state index < -0.39 is 11.8 Å². The summed E-state index contributed by atoms with van der Waals surface area (Å²) >= 11 is 0. The molecule has 0 unspecified atom stereocenters. The van der Waals surface area contributed by atoms with Gasteiger partial charge in [-0.3, -0.25) is 4.90 Å². The van der Waals surface area contributed by atoms with Gasteiger partial charge in [-0.25, -0.2) is 9.18 Å². The number of aromatic carboxylic acids is 1. The molecule has 1 aromatic carbocycles. The number of nitrogens with zero attached hydrogens (tertiary/aromatic N) is 1. The molecular weight excluding hydrogens is 269 g/mol. The number of carboxylic acids is 1. The van der Waals surface area contributed by atoms with Crippen LogP contribution in [0.5, 0.6) is 0 Å². The van der Waals surface area contributed by atoms with Gasteiger partial charge in [0, 0.05) is 12.6 Å². The van der Waals surface area contributed by atoms with E-state index >= 15 is 0 Å². The third-order valence-corrected chi connectivity index (χ3v) is 4.95. The molecule has 21 heavy (non-hydrogen) atoms. The molecule has 3 rings (SSSR count). The summed E-state index contributed by atoms with van der Waals surface area (Å²) in [6.07, 6.45) is 7.66. The van der Waals surface area contributed by atoms with E-state index in [9.17, 15) is 9.18 Å². The Morgan fingerprint density at radius 2 is 1.95 bits per heavy atom. The van der Waals surface area contributed by atoms with Crippen molar-refractivity contribution >= 4 is 5.97 Å². The Hall–Kier alpha value is -1.42. The summed E-state index contributed by atoms with van der Waals surface area (Å²) in [5, 5.41) is 9.05. The molecule has 2 aliphatic rings. The number of hydrogen-bond acceptors (Lipinski definition) is 2. The van der Waals surface area contributed by atoms with Crippen LogP contribution in [0.4, 0.5) is 4.39 Å². The lowest BCUT2D eigenvalue weighted by Crippen LogP contribution is -2.46. The Balaban J connectivity index is 1.77. The van der Waals surface area contributed by atoms with Crippen molar-refractivity contribution in [1.82, 2.24) is 4.90 Å². The average Bonchev–Trinajstić information content (AvgIpc) is 2.47. The van der Waals surface area contributed by atoms with Gasteiger partial charge in [-0.05, 0) is 61.9 Å². The van der Waals surface area contributed by atoms with Crippen LogP contribution in [0.1, 0.15) is 54.4 Å². The van der Waals surface area contributed by atoms with Gasteiger partial charge in [-0.1, -0.05) is 12.8 Å². The van der Waals surface area contributed by atoms with Gasteiger partial charge in [0.1, 0.15) is 5.82 Å². The second-order valence-corrected chi connectivity index (χ2v) is 6.38. The summed E-state index contributed by atoms with van der Waals surface area (Å²) in [7, 11) is 0.